The summed E-state index contributed by atoms with van der Waals surface area (Å²) in [5.41, 5.74) is -0.608. The molecule has 24 heavy (non-hydrogen) atoms. The van der Waals surface area contributed by atoms with Crippen molar-refractivity contribution in [3.05, 3.63) is 36.3 Å². The van der Waals surface area contributed by atoms with Gasteiger partial charge in [-0.1, -0.05) is 0 Å². The Kier molecular flexibility index (Phi) is 4.08. The minimum absolute atomic E-state index is 0.0391. The maximum absolute atomic E-state index is 13.1. The van der Waals surface area contributed by atoms with Crippen molar-refractivity contribution in [1.29, 1.82) is 0 Å². The van der Waals surface area contributed by atoms with Gasteiger partial charge < -0.3 is 10.2 Å². The van der Waals surface area contributed by atoms with Gasteiger partial charge in [-0.2, -0.15) is 13.2 Å². The monoisotopic (exact) mass is 337 g/mol. The van der Waals surface area contributed by atoms with E-state index in [2.05, 4.69) is 20.3 Å². The lowest BCUT2D eigenvalue weighted by molar-refractivity contribution is -0.141. The lowest BCUT2D eigenvalue weighted by atomic mass is 10.2. The van der Waals surface area contributed by atoms with Crippen LogP contribution in [0.5, 0.6) is 0 Å². The largest absolute Gasteiger partial charge is 0.433 e. The van der Waals surface area contributed by atoms with E-state index >= 15 is 0 Å². The summed E-state index contributed by atoms with van der Waals surface area (Å²) in [6.07, 6.45) is -1.47. The van der Waals surface area contributed by atoms with Gasteiger partial charge in [0.25, 0.3) is 0 Å². The lowest BCUT2D eigenvalue weighted by Crippen LogP contribution is -2.25. The summed E-state index contributed by atoms with van der Waals surface area (Å²) in [6.45, 7) is 0.411. The third kappa shape index (κ3) is 3.44. The molecule has 3 rings (SSSR count). The Morgan fingerprint density at radius 3 is 2.54 bits per heavy atom. The number of anilines is 1. The number of aromatic nitrogens is 3. The van der Waals surface area contributed by atoms with Gasteiger partial charge in [-0.15, -0.1) is 0 Å². The van der Waals surface area contributed by atoms with Gasteiger partial charge in [-0.05, 0) is 12.1 Å². The molecule has 0 bridgehead atoms. The van der Waals surface area contributed by atoms with E-state index in [4.69, 9.17) is 0 Å². The van der Waals surface area contributed by atoms with Gasteiger partial charge in [0.2, 0.25) is 5.91 Å². The number of rotatable bonds is 3. The molecule has 0 radical (unpaired) electrons. The number of likely N-dealkylation sites (N-methyl/N-ethyl adjacent to an activating group) is 1. The SMILES string of the molecule is CN1C[C@@H](Nc2cc(C(F)(F)F)nc(-c3ccncc3)n2)CC1=O. The van der Waals surface area contributed by atoms with E-state index in [1.54, 1.807) is 7.05 Å². The van der Waals surface area contributed by atoms with Gasteiger partial charge >= 0.3 is 6.18 Å². The number of nitrogens with one attached hydrogen (secondary N) is 1. The molecule has 0 aromatic carbocycles. The molecular formula is C15H14F3N5O. The molecule has 0 saturated carbocycles. The van der Waals surface area contributed by atoms with E-state index in [1.165, 1.54) is 29.4 Å². The first-order chi connectivity index (χ1) is 11.3. The van der Waals surface area contributed by atoms with Crippen LogP contribution in [0.1, 0.15) is 12.1 Å². The number of nitrogens with zero attached hydrogens (tertiary/aromatic N) is 4. The molecule has 6 nitrogen and oxygen atoms in total. The number of likely N-dealkylation sites (tertiary alicyclic amines) is 1. The summed E-state index contributed by atoms with van der Waals surface area (Å²) >= 11 is 0. The molecule has 1 amide bonds. The Hall–Kier alpha value is -2.71. The molecule has 0 spiro atoms. The standard InChI is InChI=1S/C15H14F3N5O/c1-23-8-10(6-13(23)24)20-12-7-11(15(16,17)18)21-14(22-12)9-2-4-19-5-3-9/h2-5,7,10H,6,8H2,1H3,(H,20,21,22)/t10-/m0/s1. The molecular weight excluding hydrogens is 323 g/mol. The summed E-state index contributed by atoms with van der Waals surface area (Å²) < 4.78 is 39.3. The highest BCUT2D eigenvalue weighted by molar-refractivity contribution is 5.79. The molecule has 3 heterocycles. The maximum Gasteiger partial charge on any atom is 0.433 e. The maximum atomic E-state index is 13.1. The Bertz CT molecular complexity index is 751. The summed E-state index contributed by atoms with van der Waals surface area (Å²) in [6, 6.07) is 3.63. The van der Waals surface area contributed by atoms with Crippen LogP contribution >= 0.6 is 0 Å². The van der Waals surface area contributed by atoms with E-state index in [1.807, 2.05) is 0 Å². The van der Waals surface area contributed by atoms with E-state index in [9.17, 15) is 18.0 Å². The first-order valence-corrected chi connectivity index (χ1v) is 7.20. The number of alkyl halides is 3. The molecule has 1 aliphatic heterocycles. The van der Waals surface area contributed by atoms with E-state index in [-0.39, 0.29) is 30.0 Å². The van der Waals surface area contributed by atoms with Crippen LogP contribution in [0, 0.1) is 0 Å². The highest BCUT2D eigenvalue weighted by Gasteiger charge is 2.34. The zero-order valence-corrected chi connectivity index (χ0v) is 12.7. The molecule has 9 heteroatoms. The second-order valence-corrected chi connectivity index (χ2v) is 5.52. The van der Waals surface area contributed by atoms with Gasteiger partial charge in [0, 0.05) is 44.0 Å². The van der Waals surface area contributed by atoms with Gasteiger partial charge in [0.1, 0.15) is 5.82 Å². The highest BCUT2D eigenvalue weighted by Crippen LogP contribution is 2.31. The zero-order valence-electron chi connectivity index (χ0n) is 12.7. The number of hydrogen-bond acceptors (Lipinski definition) is 5. The summed E-state index contributed by atoms with van der Waals surface area (Å²) in [4.78, 5) is 24.7. The van der Waals surface area contributed by atoms with Crippen LogP contribution < -0.4 is 5.32 Å². The predicted molar refractivity (Wildman–Crippen MR) is 79.9 cm³/mol. The smallest absolute Gasteiger partial charge is 0.365 e. The second-order valence-electron chi connectivity index (χ2n) is 5.52. The molecule has 1 atom stereocenters. The topological polar surface area (TPSA) is 71.0 Å². The fraction of sp³-hybridized carbons (Fsp3) is 0.333. The number of carbonyl (C=O) groups is 1. The number of carbonyl (C=O) groups excluding carboxylic acids is 1. The fourth-order valence-corrected chi connectivity index (χ4v) is 2.47. The quantitative estimate of drug-likeness (QED) is 0.930. The van der Waals surface area contributed by atoms with Crippen molar-refractivity contribution in [2.24, 2.45) is 0 Å². The molecule has 0 aliphatic carbocycles. The van der Waals surface area contributed by atoms with Crippen molar-refractivity contribution >= 4 is 11.7 Å². The van der Waals surface area contributed by atoms with Crippen LogP contribution in [-0.4, -0.2) is 45.4 Å². The molecule has 126 valence electrons. The van der Waals surface area contributed by atoms with E-state index in [0.717, 1.165) is 6.07 Å². The number of halogens is 3. The van der Waals surface area contributed by atoms with Crippen molar-refractivity contribution in [1.82, 2.24) is 19.9 Å². The number of pyridine rings is 1. The van der Waals surface area contributed by atoms with Crippen LogP contribution in [0.25, 0.3) is 11.4 Å². The minimum Gasteiger partial charge on any atom is -0.365 e. The Morgan fingerprint density at radius 1 is 1.25 bits per heavy atom. The van der Waals surface area contributed by atoms with Gasteiger partial charge in [0.05, 0.1) is 6.04 Å². The molecule has 1 N–H and O–H groups in total. The van der Waals surface area contributed by atoms with Gasteiger partial charge in [-0.25, -0.2) is 9.97 Å². The molecule has 0 unspecified atom stereocenters. The van der Waals surface area contributed by atoms with Crippen molar-refractivity contribution in [3.63, 3.8) is 0 Å². The Morgan fingerprint density at radius 2 is 1.96 bits per heavy atom. The minimum atomic E-state index is -4.59. The summed E-state index contributed by atoms with van der Waals surface area (Å²) in [5, 5.41) is 2.90. The predicted octanol–water partition coefficient (Wildman–Crippen LogP) is 2.20. The molecule has 1 saturated heterocycles. The van der Waals surface area contributed by atoms with Crippen LogP contribution in [0.4, 0.5) is 19.0 Å². The van der Waals surface area contributed by atoms with Crippen LogP contribution in [0.3, 0.4) is 0 Å². The molecule has 2 aromatic heterocycles. The number of hydrogen-bond donors (Lipinski definition) is 1. The normalized spacial score (nSPS) is 18.1. The van der Waals surface area contributed by atoms with Crippen LogP contribution in [0.2, 0.25) is 0 Å². The summed E-state index contributed by atoms with van der Waals surface area (Å²) in [5.74, 6) is -0.0726. The summed E-state index contributed by atoms with van der Waals surface area (Å²) in [7, 11) is 1.65. The average Bonchev–Trinajstić information content (AvgIpc) is 2.85. The molecule has 2 aromatic rings. The van der Waals surface area contributed by atoms with Crippen LogP contribution in [-0.2, 0) is 11.0 Å². The molecule has 1 aliphatic rings. The van der Waals surface area contributed by atoms with Crippen molar-refractivity contribution in [3.8, 4) is 11.4 Å². The average molecular weight is 337 g/mol. The lowest BCUT2D eigenvalue weighted by Gasteiger charge is -2.15. The van der Waals surface area contributed by atoms with Crippen LogP contribution in [0.15, 0.2) is 30.6 Å². The van der Waals surface area contributed by atoms with Gasteiger partial charge in [-0.3, -0.25) is 9.78 Å². The Labute approximate surface area is 135 Å². The third-order valence-corrected chi connectivity index (χ3v) is 3.65. The Balaban J connectivity index is 1.95. The second kappa shape index (κ2) is 6.06. The van der Waals surface area contributed by atoms with E-state index in [0.29, 0.717) is 12.1 Å². The molecule has 1 fully saturated rings. The van der Waals surface area contributed by atoms with Crippen molar-refractivity contribution in [2.75, 3.05) is 18.9 Å². The van der Waals surface area contributed by atoms with E-state index < -0.39 is 11.9 Å². The first kappa shape index (κ1) is 16.2. The number of amides is 1. The zero-order chi connectivity index (χ0) is 17.3. The highest BCUT2D eigenvalue weighted by atomic mass is 19.4. The fourth-order valence-electron chi connectivity index (χ4n) is 2.47. The first-order valence-electron chi connectivity index (χ1n) is 7.20. The van der Waals surface area contributed by atoms with Crippen molar-refractivity contribution in [2.45, 2.75) is 18.6 Å². The third-order valence-electron chi connectivity index (χ3n) is 3.65. The van der Waals surface area contributed by atoms with Gasteiger partial charge in [0.15, 0.2) is 11.5 Å². The van der Waals surface area contributed by atoms with Crippen molar-refractivity contribution < 1.29 is 18.0 Å².